The Bertz CT molecular complexity index is 1180. The van der Waals surface area contributed by atoms with E-state index in [0.29, 0.717) is 40.0 Å². The second kappa shape index (κ2) is 10.2. The molecule has 1 saturated heterocycles. The van der Waals surface area contributed by atoms with Crippen LogP contribution in [0.25, 0.3) is 11.3 Å². The molecule has 3 N–H and O–H groups in total. The first kappa shape index (κ1) is 24.3. The third-order valence-electron chi connectivity index (χ3n) is 5.71. The number of carbonyl (C=O) groups excluding carboxylic acids is 1. The number of rotatable bonds is 5. The molecule has 1 amide bonds. The maximum atomic E-state index is 13.2. The van der Waals surface area contributed by atoms with Crippen molar-refractivity contribution in [2.45, 2.75) is 39.0 Å². The van der Waals surface area contributed by atoms with E-state index in [9.17, 15) is 4.79 Å². The summed E-state index contributed by atoms with van der Waals surface area (Å²) >= 11 is 12.6. The number of anilines is 1. The molecule has 3 atom stereocenters. The van der Waals surface area contributed by atoms with Crippen LogP contribution in [0.2, 0.25) is 10.0 Å². The summed E-state index contributed by atoms with van der Waals surface area (Å²) in [5, 5.41) is 4.43. The van der Waals surface area contributed by atoms with Gasteiger partial charge in [0.1, 0.15) is 6.10 Å². The van der Waals surface area contributed by atoms with Crippen LogP contribution in [0, 0.1) is 0 Å². The van der Waals surface area contributed by atoms with Crippen molar-refractivity contribution in [3.63, 3.8) is 0 Å². The number of benzene rings is 2. The Labute approximate surface area is 209 Å². The number of piperazine rings is 1. The first-order valence-corrected chi connectivity index (χ1v) is 11.9. The predicted octanol–water partition coefficient (Wildman–Crippen LogP) is 5.00. The number of halogens is 2. The van der Waals surface area contributed by atoms with Crippen LogP contribution in [-0.2, 0) is 0 Å². The van der Waals surface area contributed by atoms with Gasteiger partial charge in [-0.05, 0) is 45.0 Å². The zero-order valence-corrected chi connectivity index (χ0v) is 20.8. The Morgan fingerprint density at radius 2 is 1.79 bits per heavy atom. The number of ether oxygens (including phenoxy) is 1. The molecular formula is C25H27Cl2N5O2. The largest absolute Gasteiger partial charge is 0.467 e. The average Bonchev–Trinajstić information content (AvgIpc) is 2.79. The van der Waals surface area contributed by atoms with E-state index in [1.54, 1.807) is 24.4 Å². The standard InChI is InChI=1S/C25H27Cl2N5O2/c1-14-12-32(13-15(2)30-14)25(33)18-7-4-6-17(10-18)21-11-29-23(28)24(31-21)34-16(3)22-19(26)8-5-9-20(22)27/h4-11,14-16,30H,12-13H2,1-3H3,(H2,28,29)/t14-,15+,16?. The van der Waals surface area contributed by atoms with E-state index < -0.39 is 6.10 Å². The van der Waals surface area contributed by atoms with Crippen molar-refractivity contribution in [1.82, 2.24) is 20.2 Å². The zero-order chi connectivity index (χ0) is 24.4. The van der Waals surface area contributed by atoms with E-state index in [1.807, 2.05) is 36.1 Å². The van der Waals surface area contributed by atoms with E-state index >= 15 is 0 Å². The molecular weight excluding hydrogens is 473 g/mol. The van der Waals surface area contributed by atoms with E-state index in [1.165, 1.54) is 0 Å². The molecule has 0 radical (unpaired) electrons. The van der Waals surface area contributed by atoms with Crippen molar-refractivity contribution in [1.29, 1.82) is 0 Å². The normalized spacial score (nSPS) is 19.0. The lowest BCUT2D eigenvalue weighted by atomic mass is 10.1. The molecule has 0 bridgehead atoms. The summed E-state index contributed by atoms with van der Waals surface area (Å²) in [6, 6.07) is 13.1. The first-order chi connectivity index (χ1) is 16.2. The average molecular weight is 500 g/mol. The van der Waals surface area contributed by atoms with E-state index in [4.69, 9.17) is 33.7 Å². The molecule has 1 aliphatic heterocycles. The Hall–Kier alpha value is -2.87. The molecule has 1 aromatic heterocycles. The van der Waals surface area contributed by atoms with Gasteiger partial charge in [0.25, 0.3) is 11.8 Å². The number of nitrogens with one attached hydrogen (secondary N) is 1. The van der Waals surface area contributed by atoms with Gasteiger partial charge in [0.15, 0.2) is 5.82 Å². The van der Waals surface area contributed by atoms with Crippen molar-refractivity contribution < 1.29 is 9.53 Å². The highest BCUT2D eigenvalue weighted by Gasteiger charge is 2.26. The van der Waals surface area contributed by atoms with Crippen LogP contribution in [0.5, 0.6) is 5.88 Å². The highest BCUT2D eigenvalue weighted by molar-refractivity contribution is 6.36. The molecule has 9 heteroatoms. The van der Waals surface area contributed by atoms with Crippen molar-refractivity contribution in [3.8, 4) is 17.1 Å². The molecule has 3 aromatic rings. The molecule has 178 valence electrons. The summed E-state index contributed by atoms with van der Waals surface area (Å²) in [6.07, 6.45) is 1.06. The number of nitrogen functional groups attached to an aromatic ring is 1. The minimum atomic E-state index is -0.502. The van der Waals surface area contributed by atoms with Gasteiger partial charge in [-0.25, -0.2) is 9.97 Å². The fraction of sp³-hybridized carbons (Fsp3) is 0.320. The highest BCUT2D eigenvalue weighted by Crippen LogP contribution is 2.34. The quantitative estimate of drug-likeness (QED) is 0.513. The number of hydrogen-bond acceptors (Lipinski definition) is 6. The van der Waals surface area contributed by atoms with Gasteiger partial charge in [-0.3, -0.25) is 4.79 Å². The second-order valence-electron chi connectivity index (χ2n) is 8.60. The summed E-state index contributed by atoms with van der Waals surface area (Å²) in [5.74, 6) is 0.307. The third kappa shape index (κ3) is 5.27. The maximum Gasteiger partial charge on any atom is 0.258 e. The van der Waals surface area contributed by atoms with Crippen LogP contribution in [0.1, 0.15) is 42.8 Å². The fourth-order valence-electron chi connectivity index (χ4n) is 4.22. The molecule has 2 aromatic carbocycles. The molecule has 0 aliphatic carbocycles. The molecule has 4 rings (SSSR count). The fourth-order valence-corrected chi connectivity index (χ4v) is 4.92. The smallest absolute Gasteiger partial charge is 0.258 e. The third-order valence-corrected chi connectivity index (χ3v) is 6.37. The Kier molecular flexibility index (Phi) is 7.26. The van der Waals surface area contributed by atoms with E-state index in [2.05, 4.69) is 29.1 Å². The van der Waals surface area contributed by atoms with Crippen LogP contribution in [-0.4, -0.2) is 45.9 Å². The second-order valence-corrected chi connectivity index (χ2v) is 9.42. The van der Waals surface area contributed by atoms with E-state index in [-0.39, 0.29) is 29.7 Å². The van der Waals surface area contributed by atoms with Crippen molar-refractivity contribution in [2.75, 3.05) is 18.8 Å². The van der Waals surface area contributed by atoms with Crippen LogP contribution in [0.4, 0.5) is 5.82 Å². The molecule has 1 aliphatic rings. The lowest BCUT2D eigenvalue weighted by molar-refractivity contribution is 0.0674. The van der Waals surface area contributed by atoms with Crippen LogP contribution in [0.15, 0.2) is 48.7 Å². The number of amides is 1. The van der Waals surface area contributed by atoms with Crippen LogP contribution in [0.3, 0.4) is 0 Å². The first-order valence-electron chi connectivity index (χ1n) is 11.1. The Morgan fingerprint density at radius 3 is 2.47 bits per heavy atom. The minimum Gasteiger partial charge on any atom is -0.467 e. The van der Waals surface area contributed by atoms with Gasteiger partial charge in [0.2, 0.25) is 0 Å². The van der Waals surface area contributed by atoms with Gasteiger partial charge in [0.05, 0.1) is 11.9 Å². The molecule has 1 unspecified atom stereocenters. The Morgan fingerprint density at radius 1 is 1.15 bits per heavy atom. The topological polar surface area (TPSA) is 93.4 Å². The predicted molar refractivity (Wildman–Crippen MR) is 135 cm³/mol. The highest BCUT2D eigenvalue weighted by atomic mass is 35.5. The van der Waals surface area contributed by atoms with Gasteiger partial charge in [-0.2, -0.15) is 0 Å². The molecule has 0 spiro atoms. The lowest BCUT2D eigenvalue weighted by Crippen LogP contribution is -2.55. The van der Waals surface area contributed by atoms with Crippen LogP contribution < -0.4 is 15.8 Å². The number of carbonyl (C=O) groups is 1. The summed E-state index contributed by atoms with van der Waals surface area (Å²) in [4.78, 5) is 23.9. The number of hydrogen-bond donors (Lipinski definition) is 2. The molecule has 7 nitrogen and oxygen atoms in total. The SMILES string of the molecule is CC(Oc1nc(-c2cccc(C(=O)N3C[C@@H](C)N[C@@H](C)C3)c2)cnc1N)c1c(Cl)cccc1Cl. The lowest BCUT2D eigenvalue weighted by Gasteiger charge is -2.36. The maximum absolute atomic E-state index is 13.2. The van der Waals surface area contributed by atoms with Gasteiger partial charge >= 0.3 is 0 Å². The number of nitrogens with zero attached hydrogens (tertiary/aromatic N) is 3. The summed E-state index contributed by atoms with van der Waals surface area (Å²) < 4.78 is 6.00. The molecule has 0 saturated carbocycles. The monoisotopic (exact) mass is 499 g/mol. The zero-order valence-electron chi connectivity index (χ0n) is 19.3. The minimum absolute atomic E-state index is 0.0103. The Balaban J connectivity index is 1.59. The van der Waals surface area contributed by atoms with Gasteiger partial charge in [0, 0.05) is 51.9 Å². The summed E-state index contributed by atoms with van der Waals surface area (Å²) in [7, 11) is 0. The van der Waals surface area contributed by atoms with Crippen molar-refractivity contribution >= 4 is 34.9 Å². The molecule has 34 heavy (non-hydrogen) atoms. The molecule has 2 heterocycles. The van der Waals surface area contributed by atoms with E-state index in [0.717, 1.165) is 5.56 Å². The number of aromatic nitrogens is 2. The van der Waals surface area contributed by atoms with Crippen molar-refractivity contribution in [3.05, 3.63) is 69.8 Å². The number of nitrogens with two attached hydrogens (primary N) is 1. The van der Waals surface area contributed by atoms with Gasteiger partial charge in [-0.15, -0.1) is 0 Å². The van der Waals surface area contributed by atoms with Crippen molar-refractivity contribution in [2.24, 2.45) is 0 Å². The summed E-state index contributed by atoms with van der Waals surface area (Å²) in [6.45, 7) is 7.30. The van der Waals surface area contributed by atoms with Crippen LogP contribution >= 0.6 is 23.2 Å². The van der Waals surface area contributed by atoms with Gasteiger partial charge in [-0.1, -0.05) is 41.4 Å². The molecule has 1 fully saturated rings. The summed E-state index contributed by atoms with van der Waals surface area (Å²) in [5.41, 5.74) is 8.56. The van der Waals surface area contributed by atoms with Gasteiger partial charge < -0.3 is 20.7 Å².